The molecule has 1 aromatic heterocycles. The molecule has 0 fully saturated rings. The molecule has 0 amide bonds. The lowest BCUT2D eigenvalue weighted by Crippen LogP contribution is -2.28. The van der Waals surface area contributed by atoms with Crippen LogP contribution in [0.5, 0.6) is 0 Å². The van der Waals surface area contributed by atoms with Gasteiger partial charge in [0.25, 0.3) is 5.56 Å². The molecule has 0 bridgehead atoms. The Balaban J connectivity index is 2.21. The number of hydrogen-bond acceptors (Lipinski definition) is 3. The van der Waals surface area contributed by atoms with Gasteiger partial charge in [-0.2, -0.15) is 5.10 Å². The van der Waals surface area contributed by atoms with Gasteiger partial charge >= 0.3 is 0 Å². The molecule has 1 aromatic carbocycles. The van der Waals surface area contributed by atoms with E-state index >= 15 is 0 Å². The lowest BCUT2D eigenvalue weighted by Gasteiger charge is -2.13. The van der Waals surface area contributed by atoms with E-state index in [1.54, 1.807) is 6.07 Å². The second-order valence-electron chi connectivity index (χ2n) is 4.01. The summed E-state index contributed by atoms with van der Waals surface area (Å²) in [6.07, 6.45) is 0. The van der Waals surface area contributed by atoms with Gasteiger partial charge in [-0.1, -0.05) is 30.3 Å². The molecule has 4 nitrogen and oxygen atoms in total. The Bertz CT molecular complexity index is 548. The quantitative estimate of drug-likeness (QED) is 0.861. The van der Waals surface area contributed by atoms with Crippen LogP contribution in [-0.4, -0.2) is 9.78 Å². The van der Waals surface area contributed by atoms with Crippen LogP contribution in [0.1, 0.15) is 17.3 Å². The maximum Gasteiger partial charge on any atom is 0.266 e. The normalized spacial score (nSPS) is 12.4. The van der Waals surface area contributed by atoms with Crippen molar-refractivity contribution in [2.45, 2.75) is 19.5 Å². The Labute approximate surface area is 99.7 Å². The molecule has 2 N–H and O–H groups in total. The first kappa shape index (κ1) is 11.5. The van der Waals surface area contributed by atoms with Crippen LogP contribution in [0.2, 0.25) is 0 Å². The topological polar surface area (TPSA) is 60.9 Å². The number of benzene rings is 1. The van der Waals surface area contributed by atoms with E-state index in [-0.39, 0.29) is 11.6 Å². The molecular weight excluding hydrogens is 214 g/mol. The van der Waals surface area contributed by atoms with E-state index in [2.05, 4.69) is 5.10 Å². The van der Waals surface area contributed by atoms with E-state index in [1.807, 2.05) is 37.3 Å². The highest BCUT2D eigenvalue weighted by Crippen LogP contribution is 2.10. The summed E-state index contributed by atoms with van der Waals surface area (Å²) in [4.78, 5) is 11.6. The van der Waals surface area contributed by atoms with Gasteiger partial charge in [0.1, 0.15) is 0 Å². The van der Waals surface area contributed by atoms with Gasteiger partial charge in [0.15, 0.2) is 0 Å². The summed E-state index contributed by atoms with van der Waals surface area (Å²) in [6, 6.07) is 12.7. The third-order valence-electron chi connectivity index (χ3n) is 2.60. The third kappa shape index (κ3) is 2.79. The zero-order valence-electron chi connectivity index (χ0n) is 9.71. The van der Waals surface area contributed by atoms with Gasteiger partial charge in [-0.05, 0) is 18.6 Å². The summed E-state index contributed by atoms with van der Waals surface area (Å²) in [6.45, 7) is 2.24. The first-order chi connectivity index (χ1) is 8.16. The van der Waals surface area contributed by atoms with Crippen LogP contribution in [-0.2, 0) is 6.54 Å². The predicted molar refractivity (Wildman–Crippen MR) is 66.6 cm³/mol. The van der Waals surface area contributed by atoms with Crippen molar-refractivity contribution in [1.82, 2.24) is 9.78 Å². The largest absolute Gasteiger partial charge is 0.322 e. The van der Waals surface area contributed by atoms with Gasteiger partial charge in [-0.15, -0.1) is 0 Å². The van der Waals surface area contributed by atoms with Crippen molar-refractivity contribution in [2.75, 3.05) is 0 Å². The first-order valence-electron chi connectivity index (χ1n) is 5.52. The molecule has 1 unspecified atom stereocenters. The molecule has 0 aliphatic heterocycles. The first-order valence-corrected chi connectivity index (χ1v) is 5.52. The minimum Gasteiger partial charge on any atom is -0.322 e. The second-order valence-corrected chi connectivity index (χ2v) is 4.01. The van der Waals surface area contributed by atoms with Gasteiger partial charge in [0.2, 0.25) is 0 Å². The van der Waals surface area contributed by atoms with Crippen molar-refractivity contribution in [3.63, 3.8) is 0 Å². The molecule has 2 rings (SSSR count). The molecule has 0 aliphatic carbocycles. The number of nitrogens with zero attached hydrogens (tertiary/aromatic N) is 2. The molecule has 88 valence electrons. The van der Waals surface area contributed by atoms with E-state index in [0.717, 1.165) is 11.3 Å². The molecule has 0 saturated carbocycles. The Morgan fingerprint density at radius 2 is 1.94 bits per heavy atom. The van der Waals surface area contributed by atoms with Crippen molar-refractivity contribution in [1.29, 1.82) is 0 Å². The Kier molecular flexibility index (Phi) is 3.35. The summed E-state index contributed by atoms with van der Waals surface area (Å²) in [5.41, 5.74) is 7.74. The predicted octanol–water partition coefficient (Wildman–Crippen LogP) is 1.25. The number of aromatic nitrogens is 2. The Morgan fingerprint density at radius 3 is 2.65 bits per heavy atom. The Morgan fingerprint density at radius 1 is 1.24 bits per heavy atom. The van der Waals surface area contributed by atoms with Crippen LogP contribution in [0.15, 0.2) is 47.3 Å². The zero-order chi connectivity index (χ0) is 12.3. The minimum atomic E-state index is -0.219. The zero-order valence-corrected chi connectivity index (χ0v) is 9.71. The number of aryl methyl sites for hydroxylation is 1. The SMILES string of the molecule is Cc1ccc(=O)n(CC(N)c2ccccc2)n1. The molecule has 2 aromatic rings. The van der Waals surface area contributed by atoms with Crippen molar-refractivity contribution < 1.29 is 0 Å². The summed E-state index contributed by atoms with van der Waals surface area (Å²) in [5.74, 6) is 0. The average molecular weight is 229 g/mol. The number of rotatable bonds is 3. The van der Waals surface area contributed by atoms with Gasteiger partial charge in [-0.3, -0.25) is 4.79 Å². The van der Waals surface area contributed by atoms with Crippen LogP contribution in [0, 0.1) is 6.92 Å². The fourth-order valence-electron chi connectivity index (χ4n) is 1.67. The molecule has 0 radical (unpaired) electrons. The van der Waals surface area contributed by atoms with Gasteiger partial charge in [-0.25, -0.2) is 4.68 Å². The molecule has 4 heteroatoms. The van der Waals surface area contributed by atoms with Crippen molar-refractivity contribution in [3.05, 3.63) is 64.1 Å². The van der Waals surface area contributed by atoms with Gasteiger partial charge in [0, 0.05) is 12.1 Å². The number of hydrogen-bond donors (Lipinski definition) is 1. The summed E-state index contributed by atoms with van der Waals surface area (Å²) >= 11 is 0. The van der Waals surface area contributed by atoms with E-state index in [1.165, 1.54) is 10.7 Å². The summed E-state index contributed by atoms with van der Waals surface area (Å²) < 4.78 is 1.41. The van der Waals surface area contributed by atoms with Crippen LogP contribution in [0.25, 0.3) is 0 Å². The van der Waals surface area contributed by atoms with Crippen LogP contribution in [0.4, 0.5) is 0 Å². The fraction of sp³-hybridized carbons (Fsp3) is 0.231. The van der Waals surface area contributed by atoms with Crippen molar-refractivity contribution >= 4 is 0 Å². The molecule has 17 heavy (non-hydrogen) atoms. The van der Waals surface area contributed by atoms with E-state index in [9.17, 15) is 4.79 Å². The molecule has 1 heterocycles. The lowest BCUT2D eigenvalue weighted by atomic mass is 10.1. The highest BCUT2D eigenvalue weighted by Gasteiger charge is 2.08. The maximum atomic E-state index is 11.6. The van der Waals surface area contributed by atoms with E-state index < -0.39 is 0 Å². The Hall–Kier alpha value is -1.94. The summed E-state index contributed by atoms with van der Waals surface area (Å²) in [7, 11) is 0. The van der Waals surface area contributed by atoms with Crippen LogP contribution >= 0.6 is 0 Å². The average Bonchev–Trinajstić information content (AvgIpc) is 2.35. The van der Waals surface area contributed by atoms with E-state index in [4.69, 9.17) is 5.73 Å². The molecular formula is C13H15N3O. The van der Waals surface area contributed by atoms with Crippen molar-refractivity contribution in [2.24, 2.45) is 5.73 Å². The number of nitrogens with two attached hydrogens (primary N) is 1. The second kappa shape index (κ2) is 4.93. The monoisotopic (exact) mass is 229 g/mol. The van der Waals surface area contributed by atoms with Gasteiger partial charge in [0.05, 0.1) is 12.2 Å². The third-order valence-corrected chi connectivity index (χ3v) is 2.60. The van der Waals surface area contributed by atoms with Gasteiger partial charge < -0.3 is 5.73 Å². The van der Waals surface area contributed by atoms with Crippen LogP contribution < -0.4 is 11.3 Å². The highest BCUT2D eigenvalue weighted by atomic mass is 16.1. The van der Waals surface area contributed by atoms with E-state index in [0.29, 0.717) is 6.54 Å². The summed E-state index contributed by atoms with van der Waals surface area (Å²) in [5, 5.41) is 4.16. The molecule has 0 spiro atoms. The standard InChI is InChI=1S/C13H15N3O/c1-10-7-8-13(17)16(15-10)9-12(14)11-5-3-2-4-6-11/h2-8,12H,9,14H2,1H3. The lowest BCUT2D eigenvalue weighted by molar-refractivity contribution is 0.499. The molecule has 0 aliphatic rings. The molecule has 1 atom stereocenters. The fourth-order valence-corrected chi connectivity index (χ4v) is 1.67. The smallest absolute Gasteiger partial charge is 0.266 e. The van der Waals surface area contributed by atoms with Crippen molar-refractivity contribution in [3.8, 4) is 0 Å². The minimum absolute atomic E-state index is 0.123. The molecule has 0 saturated heterocycles. The highest BCUT2D eigenvalue weighted by molar-refractivity contribution is 5.18. The van der Waals surface area contributed by atoms with Crippen LogP contribution in [0.3, 0.4) is 0 Å². The maximum absolute atomic E-state index is 11.6.